The van der Waals surface area contributed by atoms with Crippen LogP contribution in [0.2, 0.25) is 0 Å². The van der Waals surface area contributed by atoms with E-state index in [-0.39, 0.29) is 0 Å². The van der Waals surface area contributed by atoms with Gasteiger partial charge in [0.2, 0.25) is 0 Å². The first-order chi connectivity index (χ1) is 7.15. The number of para-hydroxylation sites is 1. The Morgan fingerprint density at radius 2 is 1.93 bits per heavy atom. The molecule has 0 saturated heterocycles. The van der Waals surface area contributed by atoms with Crippen LogP contribution >= 0.6 is 0 Å². The number of hydrogen-bond acceptors (Lipinski definition) is 2. The third kappa shape index (κ3) is 3.56. The SMILES string of the molecule is CC[C@@H](C)c1ccccc1OC[C@@H](C)O. The zero-order valence-electron chi connectivity index (χ0n) is 9.73. The number of rotatable bonds is 5. The van der Waals surface area contributed by atoms with Crippen LogP contribution in [-0.4, -0.2) is 17.8 Å². The van der Waals surface area contributed by atoms with E-state index in [2.05, 4.69) is 19.9 Å². The zero-order chi connectivity index (χ0) is 11.3. The van der Waals surface area contributed by atoms with Crippen molar-refractivity contribution in [2.24, 2.45) is 0 Å². The quantitative estimate of drug-likeness (QED) is 0.806. The first-order valence-electron chi connectivity index (χ1n) is 5.55. The van der Waals surface area contributed by atoms with Crippen LogP contribution < -0.4 is 4.74 Å². The topological polar surface area (TPSA) is 29.5 Å². The van der Waals surface area contributed by atoms with Gasteiger partial charge in [0.05, 0.1) is 6.10 Å². The van der Waals surface area contributed by atoms with Crippen LogP contribution in [0, 0.1) is 0 Å². The van der Waals surface area contributed by atoms with Crippen molar-refractivity contribution in [3.63, 3.8) is 0 Å². The van der Waals surface area contributed by atoms with Gasteiger partial charge < -0.3 is 9.84 Å². The highest BCUT2D eigenvalue weighted by Gasteiger charge is 2.09. The molecule has 1 aromatic carbocycles. The molecule has 0 heterocycles. The fourth-order valence-corrected chi connectivity index (χ4v) is 1.45. The molecular weight excluding hydrogens is 188 g/mol. The van der Waals surface area contributed by atoms with E-state index in [1.807, 2.05) is 18.2 Å². The minimum atomic E-state index is -0.421. The molecule has 0 aromatic heterocycles. The van der Waals surface area contributed by atoms with E-state index < -0.39 is 6.10 Å². The smallest absolute Gasteiger partial charge is 0.122 e. The van der Waals surface area contributed by atoms with Gasteiger partial charge >= 0.3 is 0 Å². The molecule has 0 amide bonds. The van der Waals surface area contributed by atoms with Crippen LogP contribution in [0.1, 0.15) is 38.7 Å². The zero-order valence-corrected chi connectivity index (χ0v) is 9.73. The molecule has 0 aliphatic carbocycles. The molecule has 2 atom stereocenters. The lowest BCUT2D eigenvalue weighted by atomic mass is 9.98. The van der Waals surface area contributed by atoms with Crippen molar-refractivity contribution in [2.75, 3.05) is 6.61 Å². The van der Waals surface area contributed by atoms with E-state index in [9.17, 15) is 5.11 Å². The van der Waals surface area contributed by atoms with E-state index in [4.69, 9.17) is 4.74 Å². The molecule has 0 bridgehead atoms. The minimum absolute atomic E-state index is 0.355. The van der Waals surface area contributed by atoms with Crippen molar-refractivity contribution in [1.82, 2.24) is 0 Å². The van der Waals surface area contributed by atoms with Gasteiger partial charge in [0.25, 0.3) is 0 Å². The van der Waals surface area contributed by atoms with Gasteiger partial charge in [0.15, 0.2) is 0 Å². The summed E-state index contributed by atoms with van der Waals surface area (Å²) in [5, 5.41) is 9.18. The first-order valence-corrected chi connectivity index (χ1v) is 5.55. The lowest BCUT2D eigenvalue weighted by Crippen LogP contribution is -2.13. The molecule has 1 rings (SSSR count). The fourth-order valence-electron chi connectivity index (χ4n) is 1.45. The summed E-state index contributed by atoms with van der Waals surface area (Å²) in [7, 11) is 0. The second kappa shape index (κ2) is 5.76. The molecule has 0 radical (unpaired) electrons. The molecule has 0 aliphatic rings. The summed E-state index contributed by atoms with van der Waals surface area (Å²) in [4.78, 5) is 0. The molecule has 0 saturated carbocycles. The van der Waals surface area contributed by atoms with Crippen LogP contribution in [0.4, 0.5) is 0 Å². The maximum atomic E-state index is 9.18. The highest BCUT2D eigenvalue weighted by atomic mass is 16.5. The average Bonchev–Trinajstić information content (AvgIpc) is 2.25. The van der Waals surface area contributed by atoms with Crippen molar-refractivity contribution in [2.45, 2.75) is 39.2 Å². The van der Waals surface area contributed by atoms with Crippen LogP contribution in [-0.2, 0) is 0 Å². The van der Waals surface area contributed by atoms with Crippen LogP contribution in [0.5, 0.6) is 5.75 Å². The molecule has 1 N–H and O–H groups in total. The van der Waals surface area contributed by atoms with Crippen molar-refractivity contribution in [1.29, 1.82) is 0 Å². The van der Waals surface area contributed by atoms with Crippen molar-refractivity contribution in [3.05, 3.63) is 29.8 Å². The Kier molecular flexibility index (Phi) is 4.63. The number of hydrogen-bond donors (Lipinski definition) is 1. The van der Waals surface area contributed by atoms with Gasteiger partial charge in [0, 0.05) is 0 Å². The van der Waals surface area contributed by atoms with Gasteiger partial charge in [-0.2, -0.15) is 0 Å². The van der Waals surface area contributed by atoms with Gasteiger partial charge in [-0.15, -0.1) is 0 Å². The molecule has 1 aromatic rings. The number of ether oxygens (including phenoxy) is 1. The van der Waals surface area contributed by atoms with Crippen molar-refractivity contribution in [3.8, 4) is 5.75 Å². The van der Waals surface area contributed by atoms with Gasteiger partial charge in [0.1, 0.15) is 12.4 Å². The Labute approximate surface area is 91.9 Å². The Hall–Kier alpha value is -1.02. The summed E-state index contributed by atoms with van der Waals surface area (Å²) < 4.78 is 5.57. The van der Waals surface area contributed by atoms with Crippen molar-refractivity contribution >= 4 is 0 Å². The molecule has 2 nitrogen and oxygen atoms in total. The van der Waals surface area contributed by atoms with Gasteiger partial charge in [-0.25, -0.2) is 0 Å². The van der Waals surface area contributed by atoms with Crippen LogP contribution in [0.3, 0.4) is 0 Å². The molecule has 0 aliphatic heterocycles. The largest absolute Gasteiger partial charge is 0.491 e. The second-order valence-corrected chi connectivity index (χ2v) is 4.01. The van der Waals surface area contributed by atoms with Crippen LogP contribution in [0.15, 0.2) is 24.3 Å². The summed E-state index contributed by atoms with van der Waals surface area (Å²) >= 11 is 0. The summed E-state index contributed by atoms with van der Waals surface area (Å²) in [6.45, 7) is 6.43. The van der Waals surface area contributed by atoms with Gasteiger partial charge in [-0.1, -0.05) is 32.0 Å². The summed E-state index contributed by atoms with van der Waals surface area (Å²) in [5.74, 6) is 1.39. The standard InChI is InChI=1S/C13H20O2/c1-4-10(2)12-7-5-6-8-13(12)15-9-11(3)14/h5-8,10-11,14H,4,9H2,1-3H3/t10-,11-/m1/s1. The highest BCUT2D eigenvalue weighted by Crippen LogP contribution is 2.28. The van der Waals surface area contributed by atoms with E-state index in [1.54, 1.807) is 6.92 Å². The van der Waals surface area contributed by atoms with Crippen molar-refractivity contribution < 1.29 is 9.84 Å². The van der Waals surface area contributed by atoms with E-state index >= 15 is 0 Å². The highest BCUT2D eigenvalue weighted by molar-refractivity contribution is 5.35. The maximum Gasteiger partial charge on any atom is 0.122 e. The monoisotopic (exact) mass is 208 g/mol. The number of benzene rings is 1. The lowest BCUT2D eigenvalue weighted by molar-refractivity contribution is 0.122. The molecule has 0 fully saturated rings. The Balaban J connectivity index is 2.77. The fraction of sp³-hybridized carbons (Fsp3) is 0.538. The molecule has 2 heteroatoms. The van der Waals surface area contributed by atoms with E-state index in [0.717, 1.165) is 12.2 Å². The Morgan fingerprint density at radius 3 is 2.53 bits per heavy atom. The predicted octanol–water partition coefficient (Wildman–Crippen LogP) is 2.96. The predicted molar refractivity (Wildman–Crippen MR) is 62.3 cm³/mol. The summed E-state index contributed by atoms with van der Waals surface area (Å²) in [5.41, 5.74) is 1.22. The third-order valence-electron chi connectivity index (χ3n) is 2.54. The summed E-state index contributed by atoms with van der Waals surface area (Å²) in [6.07, 6.45) is 0.671. The molecule has 0 spiro atoms. The first kappa shape index (κ1) is 12.1. The molecule has 15 heavy (non-hydrogen) atoms. The molecular formula is C13H20O2. The minimum Gasteiger partial charge on any atom is -0.491 e. The molecule has 84 valence electrons. The second-order valence-electron chi connectivity index (χ2n) is 4.01. The van der Waals surface area contributed by atoms with E-state index in [0.29, 0.717) is 12.5 Å². The molecule has 0 unspecified atom stereocenters. The summed E-state index contributed by atoms with van der Waals surface area (Å²) in [6, 6.07) is 8.04. The van der Waals surface area contributed by atoms with Gasteiger partial charge in [-0.05, 0) is 30.9 Å². The number of aliphatic hydroxyl groups is 1. The van der Waals surface area contributed by atoms with Crippen LogP contribution in [0.25, 0.3) is 0 Å². The maximum absolute atomic E-state index is 9.18. The van der Waals surface area contributed by atoms with Gasteiger partial charge in [-0.3, -0.25) is 0 Å². The Bertz CT molecular complexity index is 294. The number of aliphatic hydroxyl groups excluding tert-OH is 1. The average molecular weight is 208 g/mol. The Morgan fingerprint density at radius 1 is 1.27 bits per heavy atom. The lowest BCUT2D eigenvalue weighted by Gasteiger charge is -2.16. The third-order valence-corrected chi connectivity index (χ3v) is 2.54. The normalized spacial score (nSPS) is 14.7. The van der Waals surface area contributed by atoms with E-state index in [1.165, 1.54) is 5.56 Å².